The van der Waals surface area contributed by atoms with Gasteiger partial charge in [-0.2, -0.15) is 0 Å². The van der Waals surface area contributed by atoms with Crippen molar-refractivity contribution in [1.82, 2.24) is 16.0 Å². The lowest BCUT2D eigenvalue weighted by Crippen LogP contribution is -2.57. The SMILES string of the molecule is CC(N)C(=O)NC(CCC(N)=O)C(=O)NC(CC(N)=O)C(=O)NC(Cc1ccccc1)C(=O)O. The average molecular weight is 479 g/mol. The van der Waals surface area contributed by atoms with Gasteiger partial charge in [-0.3, -0.25) is 24.0 Å². The van der Waals surface area contributed by atoms with Crippen LogP contribution in [0.4, 0.5) is 0 Å². The second-order valence-corrected chi connectivity index (χ2v) is 7.68. The molecule has 34 heavy (non-hydrogen) atoms. The van der Waals surface area contributed by atoms with E-state index in [2.05, 4.69) is 16.0 Å². The van der Waals surface area contributed by atoms with Crippen molar-refractivity contribution in [2.45, 2.75) is 56.8 Å². The van der Waals surface area contributed by atoms with Crippen LogP contribution in [0.1, 0.15) is 31.7 Å². The molecule has 4 unspecified atom stereocenters. The van der Waals surface area contributed by atoms with Gasteiger partial charge >= 0.3 is 5.97 Å². The van der Waals surface area contributed by atoms with Gasteiger partial charge in [0.15, 0.2) is 0 Å². The van der Waals surface area contributed by atoms with Crippen LogP contribution in [0.25, 0.3) is 0 Å². The Morgan fingerprint density at radius 1 is 0.824 bits per heavy atom. The van der Waals surface area contributed by atoms with Gasteiger partial charge in [-0.1, -0.05) is 30.3 Å². The van der Waals surface area contributed by atoms with Crippen LogP contribution >= 0.6 is 0 Å². The minimum atomic E-state index is -1.54. The molecule has 1 aromatic carbocycles. The third-order valence-corrected chi connectivity index (χ3v) is 4.66. The lowest BCUT2D eigenvalue weighted by atomic mass is 10.0. The number of amides is 5. The third kappa shape index (κ3) is 10.1. The zero-order chi connectivity index (χ0) is 25.8. The van der Waals surface area contributed by atoms with Gasteiger partial charge in [-0.25, -0.2) is 4.79 Å². The number of hydrogen-bond donors (Lipinski definition) is 7. The molecule has 5 amide bonds. The lowest BCUT2D eigenvalue weighted by Gasteiger charge is -2.24. The topological polar surface area (TPSA) is 237 Å². The van der Waals surface area contributed by atoms with Crippen LogP contribution < -0.4 is 33.2 Å². The van der Waals surface area contributed by atoms with E-state index in [0.717, 1.165) is 0 Å². The predicted octanol–water partition coefficient (Wildman–Crippen LogP) is -2.74. The second kappa shape index (κ2) is 13.5. The number of carboxylic acids is 1. The van der Waals surface area contributed by atoms with Crippen molar-refractivity contribution in [3.05, 3.63) is 35.9 Å². The zero-order valence-corrected chi connectivity index (χ0v) is 18.7. The van der Waals surface area contributed by atoms with Crippen molar-refractivity contribution in [2.24, 2.45) is 17.2 Å². The van der Waals surface area contributed by atoms with E-state index in [-0.39, 0.29) is 19.3 Å². The first-order chi connectivity index (χ1) is 15.9. The van der Waals surface area contributed by atoms with Crippen LogP contribution in [0.2, 0.25) is 0 Å². The number of rotatable bonds is 14. The van der Waals surface area contributed by atoms with Crippen LogP contribution in [-0.2, 0) is 35.2 Å². The van der Waals surface area contributed by atoms with Crippen LogP contribution in [0.5, 0.6) is 0 Å². The number of carboxylic acid groups (broad SMARTS) is 1. The van der Waals surface area contributed by atoms with Crippen LogP contribution in [-0.4, -0.2) is 64.8 Å². The standard InChI is InChI=1S/C21H30N6O7/c1-11(22)18(30)25-13(7-8-16(23)28)19(31)26-14(10-17(24)29)20(32)27-15(21(33)34)9-12-5-3-2-4-6-12/h2-6,11,13-15H,7-10,22H2,1H3,(H2,23,28)(H2,24,29)(H,25,30)(H,26,31)(H,27,32)(H,33,34). The summed E-state index contributed by atoms with van der Waals surface area (Å²) in [7, 11) is 0. The maximum Gasteiger partial charge on any atom is 0.326 e. The Labute approximate surface area is 195 Å². The highest BCUT2D eigenvalue weighted by Gasteiger charge is 2.31. The number of carbonyl (C=O) groups excluding carboxylic acids is 5. The Kier molecular flexibility index (Phi) is 11.2. The molecule has 0 fully saturated rings. The van der Waals surface area contributed by atoms with E-state index in [0.29, 0.717) is 5.56 Å². The summed E-state index contributed by atoms with van der Waals surface area (Å²) < 4.78 is 0. The highest BCUT2D eigenvalue weighted by molar-refractivity contribution is 5.96. The molecule has 13 nitrogen and oxygen atoms in total. The van der Waals surface area contributed by atoms with E-state index in [4.69, 9.17) is 17.2 Å². The first-order valence-corrected chi connectivity index (χ1v) is 10.4. The summed E-state index contributed by atoms with van der Waals surface area (Å²) in [5, 5.41) is 16.4. The van der Waals surface area contributed by atoms with Crippen molar-refractivity contribution in [1.29, 1.82) is 0 Å². The molecule has 0 saturated carbocycles. The molecule has 1 rings (SSSR count). The van der Waals surface area contributed by atoms with Gasteiger partial charge in [0, 0.05) is 12.8 Å². The summed E-state index contributed by atoms with van der Waals surface area (Å²) in [6.07, 6.45) is -1.15. The lowest BCUT2D eigenvalue weighted by molar-refractivity contribution is -0.142. The number of nitrogens with one attached hydrogen (secondary N) is 3. The van der Waals surface area contributed by atoms with Crippen LogP contribution in [0.15, 0.2) is 30.3 Å². The number of benzene rings is 1. The van der Waals surface area contributed by atoms with Gasteiger partial charge in [-0.05, 0) is 18.9 Å². The highest BCUT2D eigenvalue weighted by Crippen LogP contribution is 2.06. The summed E-state index contributed by atoms with van der Waals surface area (Å²) in [4.78, 5) is 71.7. The summed E-state index contributed by atoms with van der Waals surface area (Å²) in [5.74, 6) is -5.58. The molecule has 0 aliphatic rings. The second-order valence-electron chi connectivity index (χ2n) is 7.68. The molecule has 186 valence electrons. The first-order valence-electron chi connectivity index (χ1n) is 10.4. The molecule has 0 heterocycles. The molecule has 0 radical (unpaired) electrons. The Morgan fingerprint density at radius 2 is 1.35 bits per heavy atom. The molecule has 0 aliphatic heterocycles. The Hall–Kier alpha value is -4.00. The largest absolute Gasteiger partial charge is 0.480 e. The van der Waals surface area contributed by atoms with Gasteiger partial charge in [0.2, 0.25) is 29.5 Å². The number of hydrogen-bond acceptors (Lipinski definition) is 7. The van der Waals surface area contributed by atoms with E-state index in [1.54, 1.807) is 30.3 Å². The molecular weight excluding hydrogens is 448 g/mol. The van der Waals surface area contributed by atoms with Crippen LogP contribution in [0.3, 0.4) is 0 Å². The molecular formula is C21H30N6O7. The molecule has 4 atom stereocenters. The Bertz CT molecular complexity index is 906. The van der Waals surface area contributed by atoms with Crippen molar-refractivity contribution >= 4 is 35.5 Å². The molecule has 0 aromatic heterocycles. The average Bonchev–Trinajstić information content (AvgIpc) is 2.75. The molecule has 0 spiro atoms. The first kappa shape index (κ1) is 28.0. The van der Waals surface area contributed by atoms with E-state index in [1.807, 2.05) is 0 Å². The summed E-state index contributed by atoms with van der Waals surface area (Å²) in [6.45, 7) is 1.38. The van der Waals surface area contributed by atoms with Gasteiger partial charge in [0.1, 0.15) is 18.1 Å². The molecule has 0 bridgehead atoms. The van der Waals surface area contributed by atoms with E-state index in [9.17, 15) is 33.9 Å². The number of aliphatic carboxylic acids is 1. The summed E-state index contributed by atoms with van der Waals surface area (Å²) >= 11 is 0. The number of primary amides is 2. The maximum absolute atomic E-state index is 12.8. The van der Waals surface area contributed by atoms with Gasteiger partial charge in [0.25, 0.3) is 0 Å². The fraction of sp³-hybridized carbons (Fsp3) is 0.429. The van der Waals surface area contributed by atoms with E-state index in [1.165, 1.54) is 6.92 Å². The number of carbonyl (C=O) groups is 6. The predicted molar refractivity (Wildman–Crippen MR) is 119 cm³/mol. The number of nitrogens with two attached hydrogens (primary N) is 3. The Morgan fingerprint density at radius 3 is 1.85 bits per heavy atom. The van der Waals surface area contributed by atoms with Crippen molar-refractivity contribution in [3.8, 4) is 0 Å². The normalized spacial score (nSPS) is 14.1. The summed E-state index contributed by atoms with van der Waals surface area (Å²) in [6, 6.07) is 3.34. The molecule has 0 saturated heterocycles. The molecule has 10 N–H and O–H groups in total. The van der Waals surface area contributed by atoms with Gasteiger partial charge < -0.3 is 38.3 Å². The van der Waals surface area contributed by atoms with Crippen molar-refractivity contribution < 1.29 is 33.9 Å². The zero-order valence-electron chi connectivity index (χ0n) is 18.7. The van der Waals surface area contributed by atoms with Crippen molar-refractivity contribution in [2.75, 3.05) is 0 Å². The highest BCUT2D eigenvalue weighted by atomic mass is 16.4. The smallest absolute Gasteiger partial charge is 0.326 e. The quantitative estimate of drug-likeness (QED) is 0.148. The third-order valence-electron chi connectivity index (χ3n) is 4.66. The minimum Gasteiger partial charge on any atom is -0.480 e. The fourth-order valence-electron chi connectivity index (χ4n) is 2.86. The fourth-order valence-corrected chi connectivity index (χ4v) is 2.86. The van der Waals surface area contributed by atoms with E-state index >= 15 is 0 Å². The van der Waals surface area contributed by atoms with E-state index < -0.39 is 66.1 Å². The van der Waals surface area contributed by atoms with Gasteiger partial charge in [0.05, 0.1) is 12.5 Å². The summed E-state index contributed by atoms with van der Waals surface area (Å²) in [5.41, 5.74) is 16.4. The van der Waals surface area contributed by atoms with Crippen molar-refractivity contribution in [3.63, 3.8) is 0 Å². The Balaban J connectivity index is 3.00. The van der Waals surface area contributed by atoms with Gasteiger partial charge in [-0.15, -0.1) is 0 Å². The minimum absolute atomic E-state index is 0.0508. The van der Waals surface area contributed by atoms with Crippen LogP contribution in [0, 0.1) is 0 Å². The maximum atomic E-state index is 12.8. The monoisotopic (exact) mass is 478 g/mol. The molecule has 13 heteroatoms. The molecule has 0 aliphatic carbocycles. The molecule has 1 aromatic rings.